The van der Waals surface area contributed by atoms with E-state index in [0.717, 1.165) is 47.4 Å². The molecule has 1 fully saturated rings. The van der Waals surface area contributed by atoms with Gasteiger partial charge < -0.3 is 19.4 Å². The van der Waals surface area contributed by atoms with Crippen LogP contribution in [0.1, 0.15) is 29.9 Å². The molecule has 0 radical (unpaired) electrons. The standard InChI is InChI=1S/C22H25N3O3/c1-16-19-9-2-3-10-20(19)28-21(16)13-24-22(26)25(15-18-8-6-12-27-18)14-17-7-4-5-11-23-17/h2-5,7,9-11,18H,6,8,12-15H2,1H3,(H,24,26)/t18-/m0/s1. The molecule has 0 unspecified atom stereocenters. The van der Waals surface area contributed by atoms with E-state index in [4.69, 9.17) is 9.15 Å². The van der Waals surface area contributed by atoms with Crippen molar-refractivity contribution in [3.63, 3.8) is 0 Å². The molecule has 2 amide bonds. The van der Waals surface area contributed by atoms with Gasteiger partial charge in [-0.3, -0.25) is 4.98 Å². The number of nitrogens with zero attached hydrogens (tertiary/aromatic N) is 2. The fourth-order valence-electron chi connectivity index (χ4n) is 3.60. The summed E-state index contributed by atoms with van der Waals surface area (Å²) >= 11 is 0. The summed E-state index contributed by atoms with van der Waals surface area (Å²) in [5.74, 6) is 0.782. The lowest BCUT2D eigenvalue weighted by Crippen LogP contribution is -2.43. The third-order valence-corrected chi connectivity index (χ3v) is 5.16. The monoisotopic (exact) mass is 379 g/mol. The van der Waals surface area contributed by atoms with E-state index in [1.165, 1.54) is 0 Å². The van der Waals surface area contributed by atoms with Crippen LogP contribution in [0.3, 0.4) is 0 Å². The number of amides is 2. The molecule has 3 heterocycles. The molecule has 0 spiro atoms. The topological polar surface area (TPSA) is 67.6 Å². The summed E-state index contributed by atoms with van der Waals surface area (Å²) in [6.45, 7) is 4.14. The zero-order chi connectivity index (χ0) is 19.3. The largest absolute Gasteiger partial charge is 0.459 e. The number of benzene rings is 1. The van der Waals surface area contributed by atoms with Crippen molar-refractivity contribution in [2.45, 2.75) is 39.0 Å². The minimum absolute atomic E-state index is 0.0856. The molecular formula is C22H25N3O3. The molecule has 0 saturated carbocycles. The Balaban J connectivity index is 1.45. The third-order valence-electron chi connectivity index (χ3n) is 5.16. The summed E-state index contributed by atoms with van der Waals surface area (Å²) < 4.78 is 11.6. The molecule has 1 aliphatic rings. The Kier molecular flexibility index (Phi) is 5.58. The van der Waals surface area contributed by atoms with Crippen LogP contribution in [-0.2, 0) is 17.8 Å². The molecule has 1 N–H and O–H groups in total. The quantitative estimate of drug-likeness (QED) is 0.702. The first-order valence-electron chi connectivity index (χ1n) is 9.72. The van der Waals surface area contributed by atoms with E-state index in [1.54, 1.807) is 11.1 Å². The summed E-state index contributed by atoms with van der Waals surface area (Å²) in [5, 5.41) is 4.08. The lowest BCUT2D eigenvalue weighted by molar-refractivity contribution is 0.0790. The second kappa shape index (κ2) is 8.44. The van der Waals surface area contributed by atoms with Gasteiger partial charge in [0.1, 0.15) is 11.3 Å². The maximum Gasteiger partial charge on any atom is 0.318 e. The predicted octanol–water partition coefficient (Wildman–Crippen LogP) is 4.03. The Morgan fingerprint density at radius 3 is 2.86 bits per heavy atom. The van der Waals surface area contributed by atoms with Crippen LogP contribution in [0.25, 0.3) is 11.0 Å². The van der Waals surface area contributed by atoms with Crippen molar-refractivity contribution >= 4 is 17.0 Å². The number of urea groups is 1. The van der Waals surface area contributed by atoms with E-state index in [9.17, 15) is 4.79 Å². The van der Waals surface area contributed by atoms with E-state index in [1.807, 2.05) is 49.4 Å². The number of rotatable bonds is 6. The highest BCUT2D eigenvalue weighted by Crippen LogP contribution is 2.24. The van der Waals surface area contributed by atoms with Crippen LogP contribution >= 0.6 is 0 Å². The smallest absolute Gasteiger partial charge is 0.318 e. The SMILES string of the molecule is Cc1c(CNC(=O)N(Cc2ccccn2)C[C@@H]2CCCO2)oc2ccccc12. The van der Waals surface area contributed by atoms with Gasteiger partial charge in [0, 0.05) is 30.3 Å². The fourth-order valence-corrected chi connectivity index (χ4v) is 3.60. The van der Waals surface area contributed by atoms with Crippen molar-refractivity contribution < 1.29 is 13.9 Å². The van der Waals surface area contributed by atoms with Crippen molar-refractivity contribution in [3.8, 4) is 0 Å². The number of aromatic nitrogens is 1. The number of pyridine rings is 1. The summed E-state index contributed by atoms with van der Waals surface area (Å²) in [6, 6.07) is 13.5. The average Bonchev–Trinajstić information content (AvgIpc) is 3.35. The Bertz CT molecular complexity index is 933. The van der Waals surface area contributed by atoms with Gasteiger partial charge >= 0.3 is 6.03 Å². The van der Waals surface area contributed by atoms with E-state index in [0.29, 0.717) is 19.6 Å². The van der Waals surface area contributed by atoms with Crippen LogP contribution in [0.2, 0.25) is 0 Å². The first-order chi connectivity index (χ1) is 13.7. The number of hydrogen-bond donors (Lipinski definition) is 1. The Hall–Kier alpha value is -2.86. The Morgan fingerprint density at radius 1 is 1.25 bits per heavy atom. The number of fused-ring (bicyclic) bond motifs is 1. The van der Waals surface area contributed by atoms with Crippen LogP contribution in [0.4, 0.5) is 4.79 Å². The number of aryl methyl sites for hydroxylation is 1. The summed E-state index contributed by atoms with van der Waals surface area (Å²) in [5.41, 5.74) is 2.76. The van der Waals surface area contributed by atoms with Crippen LogP contribution in [0, 0.1) is 6.92 Å². The number of carbonyl (C=O) groups excluding carboxylic acids is 1. The molecule has 2 aromatic heterocycles. The second-order valence-electron chi connectivity index (χ2n) is 7.14. The van der Waals surface area contributed by atoms with Crippen molar-refractivity contribution in [2.75, 3.05) is 13.2 Å². The minimum atomic E-state index is -0.138. The molecule has 28 heavy (non-hydrogen) atoms. The van der Waals surface area contributed by atoms with Gasteiger partial charge in [-0.15, -0.1) is 0 Å². The zero-order valence-corrected chi connectivity index (χ0v) is 16.1. The van der Waals surface area contributed by atoms with Gasteiger partial charge in [0.2, 0.25) is 0 Å². The third kappa shape index (κ3) is 4.17. The van der Waals surface area contributed by atoms with Crippen LogP contribution in [-0.4, -0.2) is 35.2 Å². The summed E-state index contributed by atoms with van der Waals surface area (Å²) in [7, 11) is 0. The van der Waals surface area contributed by atoms with E-state index >= 15 is 0 Å². The molecule has 1 atom stereocenters. The number of furan rings is 1. The molecule has 146 valence electrons. The summed E-state index contributed by atoms with van der Waals surface area (Å²) in [4.78, 5) is 19.1. The first kappa shape index (κ1) is 18.5. The number of nitrogens with one attached hydrogen (secondary N) is 1. The number of ether oxygens (including phenoxy) is 1. The van der Waals surface area contributed by atoms with Crippen molar-refractivity contribution in [1.82, 2.24) is 15.2 Å². The highest BCUT2D eigenvalue weighted by molar-refractivity contribution is 5.82. The maximum atomic E-state index is 12.9. The molecule has 6 heteroatoms. The number of carbonyl (C=O) groups is 1. The fraction of sp³-hybridized carbons (Fsp3) is 0.364. The highest BCUT2D eigenvalue weighted by Gasteiger charge is 2.23. The van der Waals surface area contributed by atoms with Crippen LogP contribution < -0.4 is 5.32 Å². The van der Waals surface area contributed by atoms with Gasteiger partial charge in [0.15, 0.2) is 0 Å². The second-order valence-corrected chi connectivity index (χ2v) is 7.14. The van der Waals surface area contributed by atoms with Gasteiger partial charge in [0.05, 0.1) is 24.9 Å². The maximum absolute atomic E-state index is 12.9. The van der Waals surface area contributed by atoms with Crippen LogP contribution in [0.5, 0.6) is 0 Å². The molecule has 1 saturated heterocycles. The molecule has 0 bridgehead atoms. The van der Waals surface area contributed by atoms with Gasteiger partial charge in [-0.05, 0) is 38.0 Å². The molecule has 1 aliphatic heterocycles. The summed E-state index contributed by atoms with van der Waals surface area (Å²) in [6.07, 6.45) is 3.86. The van der Waals surface area contributed by atoms with Gasteiger partial charge in [0.25, 0.3) is 0 Å². The average molecular weight is 379 g/mol. The normalized spacial score (nSPS) is 16.4. The lowest BCUT2D eigenvalue weighted by Gasteiger charge is -2.25. The van der Waals surface area contributed by atoms with Crippen molar-refractivity contribution in [3.05, 3.63) is 65.7 Å². The van der Waals surface area contributed by atoms with Gasteiger partial charge in [-0.2, -0.15) is 0 Å². The molecule has 4 rings (SSSR count). The lowest BCUT2D eigenvalue weighted by atomic mass is 10.1. The minimum Gasteiger partial charge on any atom is -0.459 e. The number of hydrogen-bond acceptors (Lipinski definition) is 4. The van der Waals surface area contributed by atoms with Gasteiger partial charge in [-0.1, -0.05) is 24.3 Å². The highest BCUT2D eigenvalue weighted by atomic mass is 16.5. The molecular weight excluding hydrogens is 354 g/mol. The molecule has 1 aromatic carbocycles. The molecule has 3 aromatic rings. The zero-order valence-electron chi connectivity index (χ0n) is 16.1. The van der Waals surface area contributed by atoms with Crippen molar-refractivity contribution in [2.24, 2.45) is 0 Å². The predicted molar refractivity (Wildman–Crippen MR) is 107 cm³/mol. The van der Waals surface area contributed by atoms with E-state index in [2.05, 4.69) is 10.3 Å². The first-order valence-corrected chi connectivity index (χ1v) is 9.72. The molecule has 0 aliphatic carbocycles. The Labute approximate surface area is 164 Å². The molecule has 6 nitrogen and oxygen atoms in total. The number of para-hydroxylation sites is 1. The van der Waals surface area contributed by atoms with Crippen molar-refractivity contribution in [1.29, 1.82) is 0 Å². The van der Waals surface area contributed by atoms with Gasteiger partial charge in [-0.25, -0.2) is 4.79 Å². The van der Waals surface area contributed by atoms with Crippen LogP contribution in [0.15, 0.2) is 53.1 Å². The van der Waals surface area contributed by atoms with E-state index in [-0.39, 0.29) is 12.1 Å². The Morgan fingerprint density at radius 2 is 2.11 bits per heavy atom. The van der Waals surface area contributed by atoms with E-state index < -0.39 is 0 Å².